The fraction of sp³-hybridized carbons (Fsp3) is 0.200. The Morgan fingerprint density at radius 2 is 2.17 bits per heavy atom. The fourth-order valence-corrected chi connectivity index (χ4v) is 2.13. The lowest BCUT2D eigenvalue weighted by atomic mass is 10.1. The van der Waals surface area contributed by atoms with Crippen molar-refractivity contribution in [3.63, 3.8) is 0 Å². The van der Waals surface area contributed by atoms with Gasteiger partial charge in [0, 0.05) is 17.3 Å². The Morgan fingerprint density at radius 1 is 1.44 bits per heavy atom. The van der Waals surface area contributed by atoms with Gasteiger partial charge in [-0.05, 0) is 31.6 Å². The third-order valence-electron chi connectivity index (χ3n) is 3.00. The van der Waals surface area contributed by atoms with Crippen LogP contribution in [0.1, 0.15) is 18.2 Å². The molecule has 3 nitrogen and oxygen atoms in total. The molecule has 0 radical (unpaired) electrons. The molecule has 0 aliphatic heterocycles. The third-order valence-corrected chi connectivity index (χ3v) is 3.00. The predicted octanol–water partition coefficient (Wildman–Crippen LogP) is 3.08. The Labute approximate surface area is 106 Å². The van der Waals surface area contributed by atoms with E-state index in [-0.39, 0.29) is 5.78 Å². The minimum Gasteiger partial charge on any atom is -0.320 e. The molecule has 0 fully saturated rings. The van der Waals surface area contributed by atoms with E-state index in [1.807, 2.05) is 35.8 Å². The first-order valence-corrected chi connectivity index (χ1v) is 5.79. The van der Waals surface area contributed by atoms with E-state index in [4.69, 9.17) is 5.26 Å². The lowest BCUT2D eigenvalue weighted by molar-refractivity contribution is -0.112. The number of ketones is 1. The zero-order chi connectivity index (χ0) is 13.1. The molecule has 0 bridgehead atoms. The van der Waals surface area contributed by atoms with Crippen LogP contribution in [0.5, 0.6) is 0 Å². The van der Waals surface area contributed by atoms with E-state index in [2.05, 4.69) is 6.07 Å². The van der Waals surface area contributed by atoms with Crippen molar-refractivity contribution in [1.82, 2.24) is 4.57 Å². The van der Waals surface area contributed by atoms with Gasteiger partial charge in [0.15, 0.2) is 5.78 Å². The molecule has 0 atom stereocenters. The maximum atomic E-state index is 11.0. The minimum absolute atomic E-state index is 0.00835. The predicted molar refractivity (Wildman–Crippen MR) is 72.0 cm³/mol. The zero-order valence-electron chi connectivity index (χ0n) is 10.5. The molecular formula is C15H14N2O. The van der Waals surface area contributed by atoms with Crippen LogP contribution in [-0.4, -0.2) is 10.4 Å². The molecule has 1 aromatic heterocycles. The van der Waals surface area contributed by atoms with Crippen LogP contribution in [0.2, 0.25) is 0 Å². The van der Waals surface area contributed by atoms with Crippen LogP contribution >= 0.6 is 0 Å². The van der Waals surface area contributed by atoms with Crippen LogP contribution in [-0.2, 0) is 11.2 Å². The zero-order valence-corrected chi connectivity index (χ0v) is 10.5. The Kier molecular flexibility index (Phi) is 3.29. The second-order valence-corrected chi connectivity index (χ2v) is 4.21. The molecule has 2 aromatic rings. The van der Waals surface area contributed by atoms with Gasteiger partial charge in [-0.15, -0.1) is 0 Å². The van der Waals surface area contributed by atoms with Crippen LogP contribution in [0, 0.1) is 18.3 Å². The normalized spacial score (nSPS) is 10.9. The van der Waals surface area contributed by atoms with Crippen molar-refractivity contribution in [3.8, 4) is 6.07 Å². The van der Waals surface area contributed by atoms with Crippen LogP contribution in [0.3, 0.4) is 0 Å². The molecule has 0 saturated carbocycles. The highest BCUT2D eigenvalue weighted by Gasteiger charge is 2.11. The lowest BCUT2D eigenvalue weighted by Crippen LogP contribution is -1.92. The molecule has 0 saturated heterocycles. The maximum Gasteiger partial charge on any atom is 0.154 e. The van der Waals surface area contributed by atoms with Gasteiger partial charge in [0.05, 0.1) is 18.0 Å². The lowest BCUT2D eigenvalue weighted by Gasteiger charge is -2.00. The van der Waals surface area contributed by atoms with Gasteiger partial charge in [0.1, 0.15) is 0 Å². The Morgan fingerprint density at radius 3 is 2.83 bits per heavy atom. The van der Waals surface area contributed by atoms with Gasteiger partial charge in [0.25, 0.3) is 0 Å². The summed E-state index contributed by atoms with van der Waals surface area (Å²) in [5, 5.41) is 9.97. The van der Waals surface area contributed by atoms with E-state index in [0.717, 1.165) is 22.2 Å². The number of fused-ring (bicyclic) bond motifs is 1. The Hall–Kier alpha value is -2.34. The second-order valence-electron chi connectivity index (χ2n) is 4.21. The number of allylic oxidation sites excluding steroid dienone is 1. The van der Waals surface area contributed by atoms with Crippen molar-refractivity contribution in [1.29, 1.82) is 5.26 Å². The molecule has 1 heterocycles. The van der Waals surface area contributed by atoms with Gasteiger partial charge >= 0.3 is 0 Å². The molecule has 0 unspecified atom stereocenters. The molecular weight excluding hydrogens is 224 g/mol. The number of rotatable bonds is 3. The SMILES string of the molecule is CC(=O)C=Cn1c(C)c(CC#N)c2ccccc21. The molecule has 0 amide bonds. The first kappa shape index (κ1) is 12.1. The second kappa shape index (κ2) is 4.89. The summed E-state index contributed by atoms with van der Waals surface area (Å²) in [4.78, 5) is 11.0. The first-order chi connectivity index (χ1) is 8.65. The number of hydrogen-bond acceptors (Lipinski definition) is 2. The van der Waals surface area contributed by atoms with Crippen LogP contribution < -0.4 is 0 Å². The molecule has 0 aliphatic carbocycles. The van der Waals surface area contributed by atoms with Crippen molar-refractivity contribution in [2.45, 2.75) is 20.3 Å². The largest absolute Gasteiger partial charge is 0.320 e. The summed E-state index contributed by atoms with van der Waals surface area (Å²) < 4.78 is 1.96. The smallest absolute Gasteiger partial charge is 0.154 e. The van der Waals surface area contributed by atoms with Gasteiger partial charge in [-0.2, -0.15) is 5.26 Å². The summed E-state index contributed by atoms with van der Waals surface area (Å²) in [7, 11) is 0. The van der Waals surface area contributed by atoms with Gasteiger partial charge in [0.2, 0.25) is 0 Å². The minimum atomic E-state index is 0.00835. The monoisotopic (exact) mass is 238 g/mol. The molecule has 3 heteroatoms. The summed E-state index contributed by atoms with van der Waals surface area (Å²) in [6.07, 6.45) is 3.68. The number of nitriles is 1. The molecule has 0 N–H and O–H groups in total. The number of carbonyl (C=O) groups is 1. The molecule has 0 spiro atoms. The van der Waals surface area contributed by atoms with Gasteiger partial charge in [-0.25, -0.2) is 0 Å². The van der Waals surface area contributed by atoms with E-state index >= 15 is 0 Å². The fourth-order valence-electron chi connectivity index (χ4n) is 2.13. The first-order valence-electron chi connectivity index (χ1n) is 5.79. The van der Waals surface area contributed by atoms with E-state index in [0.29, 0.717) is 6.42 Å². The van der Waals surface area contributed by atoms with Gasteiger partial charge < -0.3 is 4.57 Å². The number of para-hydroxylation sites is 1. The summed E-state index contributed by atoms with van der Waals surface area (Å²) in [6, 6.07) is 10.1. The quantitative estimate of drug-likeness (QED) is 0.771. The summed E-state index contributed by atoms with van der Waals surface area (Å²) in [5.74, 6) is 0.00835. The third kappa shape index (κ3) is 2.05. The average Bonchev–Trinajstić information content (AvgIpc) is 2.61. The van der Waals surface area contributed by atoms with Crippen LogP contribution in [0.4, 0.5) is 0 Å². The summed E-state index contributed by atoms with van der Waals surface area (Å²) >= 11 is 0. The Balaban J connectivity index is 2.69. The van der Waals surface area contributed by atoms with E-state index in [1.54, 1.807) is 6.20 Å². The standard InChI is InChI=1S/C15H14N2O/c1-11(18)8-10-17-12(2)13(7-9-16)14-5-3-4-6-15(14)17/h3-6,8,10H,7H2,1-2H3. The average molecular weight is 238 g/mol. The van der Waals surface area contributed by atoms with Crippen molar-refractivity contribution in [3.05, 3.63) is 41.6 Å². The van der Waals surface area contributed by atoms with Crippen LogP contribution in [0.25, 0.3) is 17.1 Å². The van der Waals surface area contributed by atoms with Gasteiger partial charge in [-0.3, -0.25) is 4.79 Å². The molecule has 1 aromatic carbocycles. The van der Waals surface area contributed by atoms with Crippen molar-refractivity contribution in [2.24, 2.45) is 0 Å². The van der Waals surface area contributed by atoms with E-state index in [1.165, 1.54) is 13.0 Å². The number of hydrogen-bond donors (Lipinski definition) is 0. The molecule has 90 valence electrons. The summed E-state index contributed by atoms with van der Waals surface area (Å²) in [6.45, 7) is 3.49. The molecule has 2 rings (SSSR count). The van der Waals surface area contributed by atoms with Crippen LogP contribution in [0.15, 0.2) is 30.3 Å². The van der Waals surface area contributed by atoms with Crippen molar-refractivity contribution >= 4 is 22.9 Å². The number of carbonyl (C=O) groups excluding carboxylic acids is 1. The Bertz CT molecular complexity index is 672. The topological polar surface area (TPSA) is 45.8 Å². The number of aromatic nitrogens is 1. The van der Waals surface area contributed by atoms with Crippen molar-refractivity contribution in [2.75, 3.05) is 0 Å². The van der Waals surface area contributed by atoms with E-state index < -0.39 is 0 Å². The maximum absolute atomic E-state index is 11.0. The van der Waals surface area contributed by atoms with Crippen molar-refractivity contribution < 1.29 is 4.79 Å². The summed E-state index contributed by atoms with van der Waals surface area (Å²) in [5.41, 5.74) is 3.06. The highest BCUT2D eigenvalue weighted by Crippen LogP contribution is 2.26. The number of nitrogens with zero attached hydrogens (tertiary/aromatic N) is 2. The highest BCUT2D eigenvalue weighted by atomic mass is 16.1. The van der Waals surface area contributed by atoms with E-state index in [9.17, 15) is 4.79 Å². The molecule has 0 aliphatic rings. The molecule has 18 heavy (non-hydrogen) atoms. The number of benzene rings is 1. The van der Waals surface area contributed by atoms with Gasteiger partial charge in [-0.1, -0.05) is 18.2 Å². The highest BCUT2D eigenvalue weighted by molar-refractivity contribution is 5.92.